The van der Waals surface area contributed by atoms with Gasteiger partial charge in [0.15, 0.2) is 5.82 Å². The van der Waals surface area contributed by atoms with Crippen molar-refractivity contribution in [3.05, 3.63) is 41.3 Å². The number of amides is 1. The molecule has 1 fully saturated rings. The summed E-state index contributed by atoms with van der Waals surface area (Å²) in [6.45, 7) is 7.45. The quantitative estimate of drug-likeness (QED) is 0.764. The number of aromatic amines is 1. The summed E-state index contributed by atoms with van der Waals surface area (Å²) in [4.78, 5) is 26.9. The number of imidazole rings is 1. The molecule has 7 nitrogen and oxygen atoms in total. The van der Waals surface area contributed by atoms with E-state index in [2.05, 4.69) is 20.1 Å². The first-order valence-corrected chi connectivity index (χ1v) is 9.56. The lowest BCUT2D eigenvalue weighted by atomic mass is 9.97. The van der Waals surface area contributed by atoms with E-state index < -0.39 is 0 Å². The number of benzene rings is 1. The minimum Gasteiger partial charge on any atom is -0.342 e. The van der Waals surface area contributed by atoms with Crippen LogP contribution in [0, 0.1) is 6.92 Å². The average Bonchev–Trinajstić information content (AvgIpc) is 3.27. The van der Waals surface area contributed by atoms with Crippen molar-refractivity contribution in [1.82, 2.24) is 25.0 Å². The summed E-state index contributed by atoms with van der Waals surface area (Å²) >= 11 is 0. The minimum atomic E-state index is 0.125. The van der Waals surface area contributed by atoms with Crippen LogP contribution in [-0.2, 0) is 11.2 Å². The number of hydrogen-bond acceptors (Lipinski definition) is 5. The smallest absolute Gasteiger partial charge is 0.231 e. The van der Waals surface area contributed by atoms with Gasteiger partial charge in [0.1, 0.15) is 5.82 Å². The van der Waals surface area contributed by atoms with Crippen LogP contribution < -0.4 is 0 Å². The summed E-state index contributed by atoms with van der Waals surface area (Å²) in [5, 5.41) is 4.06. The molecular weight excluding hydrogens is 342 g/mol. The van der Waals surface area contributed by atoms with Gasteiger partial charge in [-0.1, -0.05) is 25.1 Å². The van der Waals surface area contributed by atoms with E-state index in [0.29, 0.717) is 18.9 Å². The van der Waals surface area contributed by atoms with Gasteiger partial charge in [0.05, 0.1) is 23.4 Å². The van der Waals surface area contributed by atoms with E-state index in [4.69, 9.17) is 4.52 Å². The van der Waals surface area contributed by atoms with E-state index in [1.165, 1.54) is 0 Å². The molecule has 1 aromatic carbocycles. The van der Waals surface area contributed by atoms with Crippen LogP contribution in [0.3, 0.4) is 0 Å². The SMILES string of the molecule is Cc1nc2ccc(CC(=O)N3CCC[C@H](c4nc(C(C)C)no4)C3)cc2[nH]1. The zero-order chi connectivity index (χ0) is 19.0. The van der Waals surface area contributed by atoms with Gasteiger partial charge in [0.25, 0.3) is 0 Å². The Kier molecular flexibility index (Phi) is 4.68. The molecule has 0 radical (unpaired) electrons. The Morgan fingerprint density at radius 2 is 2.22 bits per heavy atom. The summed E-state index contributed by atoms with van der Waals surface area (Å²) in [6.07, 6.45) is 2.32. The van der Waals surface area contributed by atoms with Crippen molar-refractivity contribution in [3.8, 4) is 0 Å². The van der Waals surface area contributed by atoms with E-state index in [1.807, 2.05) is 43.9 Å². The van der Waals surface area contributed by atoms with Crippen LogP contribution in [0.1, 0.15) is 61.6 Å². The number of carbonyl (C=O) groups is 1. The highest BCUT2D eigenvalue weighted by molar-refractivity contribution is 5.82. The monoisotopic (exact) mass is 367 g/mol. The number of aromatic nitrogens is 4. The van der Waals surface area contributed by atoms with Gasteiger partial charge in [-0.05, 0) is 37.5 Å². The highest BCUT2D eigenvalue weighted by Crippen LogP contribution is 2.27. The van der Waals surface area contributed by atoms with Gasteiger partial charge in [-0.15, -0.1) is 0 Å². The van der Waals surface area contributed by atoms with E-state index >= 15 is 0 Å². The van der Waals surface area contributed by atoms with Crippen LogP contribution in [0.4, 0.5) is 0 Å². The summed E-state index contributed by atoms with van der Waals surface area (Å²) in [5.74, 6) is 2.78. The number of H-pyrrole nitrogens is 1. The van der Waals surface area contributed by atoms with Crippen molar-refractivity contribution in [3.63, 3.8) is 0 Å². The first-order chi connectivity index (χ1) is 13.0. The zero-order valence-electron chi connectivity index (χ0n) is 16.0. The lowest BCUT2D eigenvalue weighted by molar-refractivity contribution is -0.131. The standard InChI is InChI=1S/C20H25N5O2/c1-12(2)19-23-20(27-24-19)15-5-4-8-25(11-15)18(26)10-14-6-7-16-17(9-14)22-13(3)21-16/h6-7,9,12,15H,4-5,8,10-11H2,1-3H3,(H,21,22)/t15-/m0/s1. The van der Waals surface area contributed by atoms with Crippen LogP contribution in [0.25, 0.3) is 11.0 Å². The summed E-state index contributed by atoms with van der Waals surface area (Å²) in [5.41, 5.74) is 2.90. The molecule has 0 unspecified atom stereocenters. The van der Waals surface area contributed by atoms with Crippen molar-refractivity contribution < 1.29 is 9.32 Å². The Bertz CT molecular complexity index is 958. The first kappa shape index (κ1) is 17.7. The lowest BCUT2D eigenvalue weighted by Crippen LogP contribution is -2.40. The molecule has 1 aliphatic heterocycles. The molecule has 1 atom stereocenters. The van der Waals surface area contributed by atoms with E-state index in [1.54, 1.807) is 0 Å². The number of aryl methyl sites for hydroxylation is 1. The van der Waals surface area contributed by atoms with Crippen molar-refractivity contribution in [2.24, 2.45) is 0 Å². The molecule has 4 rings (SSSR count). The van der Waals surface area contributed by atoms with Crippen LogP contribution in [0.2, 0.25) is 0 Å². The molecule has 27 heavy (non-hydrogen) atoms. The summed E-state index contributed by atoms with van der Waals surface area (Å²) in [7, 11) is 0. The second kappa shape index (κ2) is 7.13. The van der Waals surface area contributed by atoms with Crippen LogP contribution in [-0.4, -0.2) is 44.0 Å². The third-order valence-electron chi connectivity index (χ3n) is 5.12. The fraction of sp³-hybridized carbons (Fsp3) is 0.500. The number of hydrogen-bond donors (Lipinski definition) is 1. The van der Waals surface area contributed by atoms with E-state index in [9.17, 15) is 4.79 Å². The number of nitrogens with one attached hydrogen (secondary N) is 1. The molecule has 3 aromatic rings. The van der Waals surface area contributed by atoms with Crippen LogP contribution >= 0.6 is 0 Å². The lowest BCUT2D eigenvalue weighted by Gasteiger charge is -2.31. The highest BCUT2D eigenvalue weighted by atomic mass is 16.5. The first-order valence-electron chi connectivity index (χ1n) is 9.56. The maximum atomic E-state index is 12.8. The fourth-order valence-electron chi connectivity index (χ4n) is 3.63. The molecule has 0 saturated carbocycles. The predicted octanol–water partition coefficient (Wildman–Crippen LogP) is 3.33. The molecule has 3 heterocycles. The molecule has 1 amide bonds. The molecule has 142 valence electrons. The maximum absolute atomic E-state index is 12.8. The van der Waals surface area contributed by atoms with Gasteiger partial charge in [-0.25, -0.2) is 4.98 Å². The van der Waals surface area contributed by atoms with Crippen molar-refractivity contribution in [2.45, 2.75) is 51.9 Å². The van der Waals surface area contributed by atoms with E-state index in [-0.39, 0.29) is 17.7 Å². The predicted molar refractivity (Wildman–Crippen MR) is 101 cm³/mol. The topological polar surface area (TPSA) is 87.9 Å². The van der Waals surface area contributed by atoms with Crippen LogP contribution in [0.5, 0.6) is 0 Å². The van der Waals surface area contributed by atoms with Gasteiger partial charge < -0.3 is 14.4 Å². The number of piperidine rings is 1. The second-order valence-corrected chi connectivity index (χ2v) is 7.67. The highest BCUT2D eigenvalue weighted by Gasteiger charge is 2.28. The third kappa shape index (κ3) is 3.72. The molecular formula is C20H25N5O2. The molecule has 7 heteroatoms. The van der Waals surface area contributed by atoms with Gasteiger partial charge in [-0.3, -0.25) is 4.79 Å². The average molecular weight is 367 g/mol. The second-order valence-electron chi connectivity index (χ2n) is 7.67. The van der Waals surface area contributed by atoms with Crippen molar-refractivity contribution >= 4 is 16.9 Å². The van der Waals surface area contributed by atoms with Gasteiger partial charge in [-0.2, -0.15) is 4.98 Å². The fourth-order valence-corrected chi connectivity index (χ4v) is 3.63. The Morgan fingerprint density at radius 1 is 1.37 bits per heavy atom. The molecule has 1 saturated heterocycles. The number of fused-ring (bicyclic) bond motifs is 1. The van der Waals surface area contributed by atoms with Crippen molar-refractivity contribution in [1.29, 1.82) is 0 Å². The molecule has 1 N–H and O–H groups in total. The molecule has 1 aliphatic rings. The van der Waals surface area contributed by atoms with Gasteiger partial charge in [0, 0.05) is 19.0 Å². The largest absolute Gasteiger partial charge is 0.342 e. The van der Waals surface area contributed by atoms with Gasteiger partial charge >= 0.3 is 0 Å². The van der Waals surface area contributed by atoms with Crippen molar-refractivity contribution in [2.75, 3.05) is 13.1 Å². The molecule has 0 spiro atoms. The van der Waals surface area contributed by atoms with E-state index in [0.717, 1.165) is 47.6 Å². The number of nitrogens with zero attached hydrogens (tertiary/aromatic N) is 4. The number of carbonyl (C=O) groups excluding carboxylic acids is 1. The zero-order valence-corrected chi connectivity index (χ0v) is 16.0. The molecule has 0 aliphatic carbocycles. The maximum Gasteiger partial charge on any atom is 0.231 e. The number of likely N-dealkylation sites (tertiary alicyclic amines) is 1. The molecule has 0 bridgehead atoms. The third-order valence-corrected chi connectivity index (χ3v) is 5.12. The summed E-state index contributed by atoms with van der Waals surface area (Å²) in [6, 6.07) is 5.96. The normalized spacial score (nSPS) is 17.8. The number of rotatable bonds is 4. The Morgan fingerprint density at radius 3 is 3.00 bits per heavy atom. The van der Waals surface area contributed by atoms with Crippen LogP contribution in [0.15, 0.2) is 22.7 Å². The Balaban J connectivity index is 1.44. The summed E-state index contributed by atoms with van der Waals surface area (Å²) < 4.78 is 5.45. The van der Waals surface area contributed by atoms with Gasteiger partial charge in [0.2, 0.25) is 11.8 Å². The Labute approximate surface area is 158 Å². The minimum absolute atomic E-state index is 0.125. The molecule has 2 aromatic heterocycles. The Hall–Kier alpha value is -2.70.